The molecule has 6 nitrogen and oxygen atoms in total. The van der Waals surface area contributed by atoms with Crippen LogP contribution in [-0.4, -0.2) is 52.8 Å². The van der Waals surface area contributed by atoms with Gasteiger partial charge in [0.25, 0.3) is 0 Å². The Morgan fingerprint density at radius 1 is 1.21 bits per heavy atom. The van der Waals surface area contributed by atoms with E-state index in [1.54, 1.807) is 12.3 Å². The number of H-pyrrole nitrogens is 1. The molecule has 1 aromatic rings. The molecule has 0 aliphatic carbocycles. The third-order valence-electron chi connectivity index (χ3n) is 5.03. The Hall–Kier alpha value is -2.11. The highest BCUT2D eigenvalue weighted by Gasteiger charge is 2.27. The van der Waals surface area contributed by atoms with Crippen molar-refractivity contribution in [1.29, 1.82) is 0 Å². The van der Waals surface area contributed by atoms with E-state index >= 15 is 0 Å². The summed E-state index contributed by atoms with van der Waals surface area (Å²) < 4.78 is 0. The molecule has 2 saturated heterocycles. The van der Waals surface area contributed by atoms with Gasteiger partial charge in [0, 0.05) is 51.3 Å². The summed E-state index contributed by atoms with van der Waals surface area (Å²) in [5.74, 6) is 0.778. The summed E-state index contributed by atoms with van der Waals surface area (Å²) in [6.45, 7) is 2.91. The highest BCUT2D eigenvalue weighted by atomic mass is 16.2. The Morgan fingerprint density at radius 3 is 2.83 bits per heavy atom. The van der Waals surface area contributed by atoms with Crippen LogP contribution in [0.1, 0.15) is 37.7 Å². The molecule has 2 aliphatic heterocycles. The van der Waals surface area contributed by atoms with Crippen molar-refractivity contribution in [3.63, 3.8) is 0 Å². The van der Waals surface area contributed by atoms with E-state index in [4.69, 9.17) is 0 Å². The van der Waals surface area contributed by atoms with Crippen molar-refractivity contribution in [3.05, 3.63) is 34.2 Å². The van der Waals surface area contributed by atoms with Crippen molar-refractivity contribution in [3.8, 4) is 0 Å². The molecular formula is C18H25N3O3. The van der Waals surface area contributed by atoms with E-state index in [1.807, 2.05) is 15.9 Å². The Morgan fingerprint density at radius 2 is 2.08 bits per heavy atom. The van der Waals surface area contributed by atoms with E-state index in [0.717, 1.165) is 50.9 Å². The normalized spacial score (nSPS) is 21.3. The van der Waals surface area contributed by atoms with Gasteiger partial charge in [-0.05, 0) is 37.2 Å². The van der Waals surface area contributed by atoms with Crippen LogP contribution in [0.15, 0.2) is 23.1 Å². The molecule has 1 N–H and O–H groups in total. The zero-order valence-electron chi connectivity index (χ0n) is 14.0. The van der Waals surface area contributed by atoms with Gasteiger partial charge >= 0.3 is 0 Å². The number of aromatic amines is 1. The fraction of sp³-hybridized carbons (Fsp3) is 0.611. The molecule has 2 fully saturated rings. The van der Waals surface area contributed by atoms with Gasteiger partial charge in [0.05, 0.1) is 0 Å². The summed E-state index contributed by atoms with van der Waals surface area (Å²) in [5.41, 5.74) is 1.02. The molecule has 0 radical (unpaired) electrons. The van der Waals surface area contributed by atoms with Crippen molar-refractivity contribution < 1.29 is 9.59 Å². The SMILES string of the molecule is O=C1CCCCN1CCC(=O)N1CC[C@@H](Cc2ccc(=O)[nH]c2)C1. The van der Waals surface area contributed by atoms with E-state index in [0.29, 0.717) is 25.3 Å². The highest BCUT2D eigenvalue weighted by Crippen LogP contribution is 2.21. The van der Waals surface area contributed by atoms with Gasteiger partial charge in [-0.1, -0.05) is 6.07 Å². The minimum Gasteiger partial charge on any atom is -0.342 e. The summed E-state index contributed by atoms with van der Waals surface area (Å²) in [6.07, 6.45) is 6.70. The van der Waals surface area contributed by atoms with Crippen LogP contribution in [0.25, 0.3) is 0 Å². The van der Waals surface area contributed by atoms with Gasteiger partial charge in [-0.25, -0.2) is 0 Å². The lowest BCUT2D eigenvalue weighted by Gasteiger charge is -2.27. The fourth-order valence-electron chi connectivity index (χ4n) is 3.62. The number of carbonyl (C=O) groups excluding carboxylic acids is 2. The summed E-state index contributed by atoms with van der Waals surface area (Å²) in [4.78, 5) is 41.7. The Bertz CT molecular complexity index is 635. The number of likely N-dealkylation sites (tertiary alicyclic amines) is 2. The number of hydrogen-bond donors (Lipinski definition) is 1. The predicted octanol–water partition coefficient (Wildman–Crippen LogP) is 1.17. The number of piperidine rings is 1. The summed E-state index contributed by atoms with van der Waals surface area (Å²) in [6, 6.07) is 3.40. The van der Waals surface area contributed by atoms with Gasteiger partial charge in [-0.3, -0.25) is 14.4 Å². The van der Waals surface area contributed by atoms with Crippen LogP contribution in [0, 0.1) is 5.92 Å². The molecule has 3 heterocycles. The maximum atomic E-state index is 12.4. The first-order valence-electron chi connectivity index (χ1n) is 8.85. The average Bonchev–Trinajstić information content (AvgIpc) is 3.05. The van der Waals surface area contributed by atoms with Crippen LogP contribution in [0.4, 0.5) is 0 Å². The number of nitrogens with one attached hydrogen (secondary N) is 1. The minimum absolute atomic E-state index is 0.0887. The first-order valence-corrected chi connectivity index (χ1v) is 8.85. The van der Waals surface area contributed by atoms with Gasteiger partial charge < -0.3 is 14.8 Å². The number of hydrogen-bond acceptors (Lipinski definition) is 3. The molecule has 1 atom stereocenters. The van der Waals surface area contributed by atoms with E-state index in [2.05, 4.69) is 4.98 Å². The molecule has 0 spiro atoms. The average molecular weight is 331 g/mol. The predicted molar refractivity (Wildman–Crippen MR) is 90.5 cm³/mol. The van der Waals surface area contributed by atoms with Crippen LogP contribution in [0.2, 0.25) is 0 Å². The first-order chi connectivity index (χ1) is 11.6. The number of carbonyl (C=O) groups is 2. The summed E-state index contributed by atoms with van der Waals surface area (Å²) >= 11 is 0. The molecule has 2 aliphatic rings. The smallest absolute Gasteiger partial charge is 0.247 e. The van der Waals surface area contributed by atoms with Crippen molar-refractivity contribution in [1.82, 2.24) is 14.8 Å². The van der Waals surface area contributed by atoms with Gasteiger partial charge in [0.2, 0.25) is 17.4 Å². The van der Waals surface area contributed by atoms with Gasteiger partial charge in [0.1, 0.15) is 0 Å². The Balaban J connectivity index is 1.44. The second-order valence-electron chi connectivity index (χ2n) is 6.85. The minimum atomic E-state index is -0.0887. The fourth-order valence-corrected chi connectivity index (χ4v) is 3.62. The zero-order valence-corrected chi connectivity index (χ0v) is 14.0. The van der Waals surface area contributed by atoms with Crippen LogP contribution in [0.3, 0.4) is 0 Å². The van der Waals surface area contributed by atoms with Crippen LogP contribution in [0.5, 0.6) is 0 Å². The molecule has 6 heteroatoms. The molecule has 24 heavy (non-hydrogen) atoms. The maximum Gasteiger partial charge on any atom is 0.247 e. The molecule has 0 bridgehead atoms. The van der Waals surface area contributed by atoms with Gasteiger partial charge in [-0.2, -0.15) is 0 Å². The van der Waals surface area contributed by atoms with E-state index in [9.17, 15) is 14.4 Å². The highest BCUT2D eigenvalue weighted by molar-refractivity contribution is 5.79. The summed E-state index contributed by atoms with van der Waals surface area (Å²) in [7, 11) is 0. The molecule has 1 aromatic heterocycles. The van der Waals surface area contributed by atoms with Gasteiger partial charge in [-0.15, -0.1) is 0 Å². The molecule has 3 rings (SSSR count). The quantitative estimate of drug-likeness (QED) is 0.880. The molecule has 130 valence electrons. The Labute approximate surface area is 141 Å². The largest absolute Gasteiger partial charge is 0.342 e. The third kappa shape index (κ3) is 4.24. The molecule has 0 saturated carbocycles. The third-order valence-corrected chi connectivity index (χ3v) is 5.03. The van der Waals surface area contributed by atoms with Crippen molar-refractivity contribution >= 4 is 11.8 Å². The van der Waals surface area contributed by atoms with Crippen LogP contribution >= 0.6 is 0 Å². The lowest BCUT2D eigenvalue weighted by Crippen LogP contribution is -2.39. The lowest BCUT2D eigenvalue weighted by atomic mass is 10.00. The van der Waals surface area contributed by atoms with Crippen molar-refractivity contribution in [2.75, 3.05) is 26.2 Å². The van der Waals surface area contributed by atoms with Gasteiger partial charge in [0.15, 0.2) is 0 Å². The second-order valence-corrected chi connectivity index (χ2v) is 6.85. The Kier molecular flexibility index (Phi) is 5.33. The number of pyridine rings is 1. The number of rotatable bonds is 5. The summed E-state index contributed by atoms with van der Waals surface area (Å²) in [5, 5.41) is 0. The molecule has 0 aromatic carbocycles. The molecule has 2 amide bonds. The van der Waals surface area contributed by atoms with Crippen LogP contribution < -0.4 is 5.56 Å². The lowest BCUT2D eigenvalue weighted by molar-refractivity contribution is -0.135. The first kappa shape index (κ1) is 16.7. The number of nitrogens with zero attached hydrogens (tertiary/aromatic N) is 2. The number of aromatic nitrogens is 1. The van der Waals surface area contributed by atoms with Crippen molar-refractivity contribution in [2.24, 2.45) is 5.92 Å². The maximum absolute atomic E-state index is 12.4. The van der Waals surface area contributed by atoms with Crippen LogP contribution in [-0.2, 0) is 16.0 Å². The molecule has 0 unspecified atom stereocenters. The topological polar surface area (TPSA) is 73.5 Å². The molecular weight excluding hydrogens is 306 g/mol. The van der Waals surface area contributed by atoms with E-state index < -0.39 is 0 Å². The number of amides is 2. The van der Waals surface area contributed by atoms with E-state index in [-0.39, 0.29) is 17.4 Å². The standard InChI is InChI=1S/C18H25N3O3/c22-16-5-4-14(12-19-16)11-15-6-9-21(13-15)18(24)7-10-20-8-2-1-3-17(20)23/h4-5,12,15H,1-3,6-11,13H2,(H,19,22)/t15-/m0/s1. The second kappa shape index (κ2) is 7.64. The van der Waals surface area contributed by atoms with E-state index in [1.165, 1.54) is 0 Å². The monoisotopic (exact) mass is 331 g/mol. The van der Waals surface area contributed by atoms with Crippen molar-refractivity contribution in [2.45, 2.75) is 38.5 Å². The zero-order chi connectivity index (χ0) is 16.9.